The van der Waals surface area contributed by atoms with E-state index >= 15 is 0 Å². The second-order valence-corrected chi connectivity index (χ2v) is 12.8. The molecule has 8 heteroatoms. The summed E-state index contributed by atoms with van der Waals surface area (Å²) in [6.45, 7) is 13.8. The predicted octanol–water partition coefficient (Wildman–Crippen LogP) is 4.15. The molecule has 8 atom stereocenters. The first-order valence-corrected chi connectivity index (χ1v) is 15.8. The molecule has 1 aliphatic carbocycles. The number of amides is 3. The van der Waals surface area contributed by atoms with E-state index in [0.29, 0.717) is 30.6 Å². The van der Waals surface area contributed by atoms with Gasteiger partial charge in [-0.25, -0.2) is 0 Å². The summed E-state index contributed by atoms with van der Waals surface area (Å²) >= 11 is 0. The molecule has 1 aromatic carbocycles. The first kappa shape index (κ1) is 29.8. The predicted molar refractivity (Wildman–Crippen MR) is 160 cm³/mol. The molecule has 41 heavy (non-hydrogen) atoms. The van der Waals surface area contributed by atoms with E-state index in [9.17, 15) is 14.4 Å². The number of aryl methyl sites for hydroxylation is 1. The number of hydrogen-bond donors (Lipinski definition) is 2. The van der Waals surface area contributed by atoms with E-state index in [-0.39, 0.29) is 23.8 Å². The van der Waals surface area contributed by atoms with Crippen LogP contribution in [0.5, 0.6) is 0 Å². The summed E-state index contributed by atoms with van der Waals surface area (Å²) in [5, 5.41) is 6.37. The van der Waals surface area contributed by atoms with Gasteiger partial charge in [-0.3, -0.25) is 14.4 Å². The molecule has 3 amide bonds. The van der Waals surface area contributed by atoms with Crippen LogP contribution in [0.4, 0.5) is 5.69 Å². The van der Waals surface area contributed by atoms with E-state index in [1.54, 1.807) is 4.90 Å². The minimum absolute atomic E-state index is 0.0679. The summed E-state index contributed by atoms with van der Waals surface area (Å²) in [5.74, 6) is -1.07. The fourth-order valence-corrected chi connectivity index (χ4v) is 7.72. The molecular formula is C33H48N4O4. The fraction of sp³-hybridized carbons (Fsp3) is 0.667. The zero-order valence-electron chi connectivity index (χ0n) is 25.4. The van der Waals surface area contributed by atoms with Gasteiger partial charge in [0.05, 0.1) is 17.9 Å². The van der Waals surface area contributed by atoms with Crippen LogP contribution in [-0.4, -0.2) is 77.5 Å². The fourth-order valence-electron chi connectivity index (χ4n) is 7.72. The quantitative estimate of drug-likeness (QED) is 0.394. The lowest BCUT2D eigenvalue weighted by molar-refractivity contribution is -0.141. The average molecular weight is 565 g/mol. The first-order chi connectivity index (χ1) is 19.7. The molecule has 2 saturated heterocycles. The molecule has 5 rings (SSSR count). The summed E-state index contributed by atoms with van der Waals surface area (Å²) in [6.07, 6.45) is 8.51. The number of nitrogens with one attached hydrogen (secondary N) is 2. The molecule has 8 nitrogen and oxygen atoms in total. The number of likely N-dealkylation sites (tertiary alicyclic amines) is 1. The van der Waals surface area contributed by atoms with Crippen molar-refractivity contribution >= 4 is 23.4 Å². The molecule has 2 bridgehead atoms. The number of rotatable bonds is 11. The van der Waals surface area contributed by atoms with Crippen LogP contribution in [0, 0.1) is 30.6 Å². The molecule has 3 heterocycles. The van der Waals surface area contributed by atoms with Crippen molar-refractivity contribution in [1.82, 2.24) is 15.1 Å². The van der Waals surface area contributed by atoms with E-state index in [2.05, 4.69) is 43.2 Å². The van der Waals surface area contributed by atoms with Crippen molar-refractivity contribution in [2.24, 2.45) is 23.7 Å². The molecule has 1 spiro atoms. The van der Waals surface area contributed by atoms with Crippen LogP contribution in [0.15, 0.2) is 36.4 Å². The van der Waals surface area contributed by atoms with Crippen LogP contribution in [-0.2, 0) is 19.1 Å². The number of carbonyl (C=O) groups excluding carboxylic acids is 3. The lowest BCUT2D eigenvalue weighted by Gasteiger charge is -2.38. The number of carbonyl (C=O) groups is 3. The minimum Gasteiger partial charge on any atom is -0.359 e. The van der Waals surface area contributed by atoms with Gasteiger partial charge >= 0.3 is 0 Å². The van der Waals surface area contributed by atoms with E-state index in [1.165, 1.54) is 6.42 Å². The average Bonchev–Trinajstić information content (AvgIpc) is 3.57. The van der Waals surface area contributed by atoms with E-state index < -0.39 is 29.6 Å². The number of nitrogens with zero attached hydrogens (tertiary/aromatic N) is 2. The molecule has 0 aromatic heterocycles. The van der Waals surface area contributed by atoms with Gasteiger partial charge in [-0.05, 0) is 68.8 Å². The molecule has 2 N–H and O–H groups in total. The van der Waals surface area contributed by atoms with Gasteiger partial charge in [0.2, 0.25) is 17.7 Å². The van der Waals surface area contributed by atoms with Crippen molar-refractivity contribution in [3.05, 3.63) is 42.0 Å². The van der Waals surface area contributed by atoms with Crippen LogP contribution < -0.4 is 10.6 Å². The monoisotopic (exact) mass is 564 g/mol. The van der Waals surface area contributed by atoms with Crippen molar-refractivity contribution in [3.8, 4) is 0 Å². The van der Waals surface area contributed by atoms with Gasteiger partial charge in [0.15, 0.2) is 0 Å². The zero-order chi connectivity index (χ0) is 29.3. The number of ether oxygens (including phenoxy) is 1. The highest BCUT2D eigenvalue weighted by molar-refractivity contribution is 6.02. The van der Waals surface area contributed by atoms with Crippen molar-refractivity contribution < 1.29 is 19.1 Å². The third-order valence-corrected chi connectivity index (χ3v) is 9.98. The van der Waals surface area contributed by atoms with Gasteiger partial charge in [0.1, 0.15) is 11.6 Å². The van der Waals surface area contributed by atoms with Crippen molar-refractivity contribution in [2.45, 2.75) is 90.5 Å². The van der Waals surface area contributed by atoms with Crippen molar-refractivity contribution in [1.29, 1.82) is 0 Å². The lowest BCUT2D eigenvalue weighted by Crippen LogP contribution is -2.58. The van der Waals surface area contributed by atoms with Crippen LogP contribution in [0.1, 0.15) is 65.4 Å². The molecule has 224 valence electrons. The lowest BCUT2D eigenvalue weighted by atomic mass is 9.73. The Labute approximate surface area is 245 Å². The Morgan fingerprint density at radius 2 is 1.85 bits per heavy atom. The van der Waals surface area contributed by atoms with E-state index in [1.807, 2.05) is 43.3 Å². The van der Waals surface area contributed by atoms with Gasteiger partial charge in [0, 0.05) is 24.8 Å². The van der Waals surface area contributed by atoms with Crippen molar-refractivity contribution in [2.75, 3.05) is 31.5 Å². The Morgan fingerprint density at radius 3 is 2.56 bits per heavy atom. The Hall–Kier alpha value is -2.71. The van der Waals surface area contributed by atoms with Crippen LogP contribution >= 0.6 is 0 Å². The van der Waals surface area contributed by atoms with Gasteiger partial charge in [-0.1, -0.05) is 64.8 Å². The minimum atomic E-state index is -1.13. The van der Waals surface area contributed by atoms with Gasteiger partial charge < -0.3 is 25.2 Å². The molecular weight excluding hydrogens is 516 g/mol. The van der Waals surface area contributed by atoms with Crippen LogP contribution in [0.25, 0.3) is 0 Å². The highest BCUT2D eigenvalue weighted by atomic mass is 16.5. The SMILES string of the molecule is CCCN(CCC)CCN1C(=O)[C@@H]2[C@H](C(=O)Nc3cccc(C)c3)[C@@H]3C=C[C@@]2(O3)[C@@H]1C(=O)N[C@@H]1CCC[C@H](C)[C@@H]1C. The number of fused-ring (bicyclic) bond motifs is 1. The molecule has 1 saturated carbocycles. The Bertz CT molecular complexity index is 1160. The molecule has 4 aliphatic rings. The standard InChI is InChI=1S/C33H48N4O4/c1-6-16-36(17-7-2)18-19-37-29(31(39)35-25-13-9-11-22(4)23(25)5)33-15-14-26(41-33)27(28(33)32(37)40)30(38)34-24-12-8-10-21(3)20-24/h8,10,12,14-15,20,22-23,25-29H,6-7,9,11,13,16-19H2,1-5H3,(H,34,38)(H,35,39)/t22-,23-,25+,26-,27+,28-,29-,33-/m0/s1. The second-order valence-electron chi connectivity index (χ2n) is 12.8. The number of benzene rings is 1. The molecule has 1 aromatic rings. The zero-order valence-corrected chi connectivity index (χ0v) is 25.4. The second kappa shape index (κ2) is 12.3. The molecule has 0 unspecified atom stereocenters. The third kappa shape index (κ3) is 5.57. The molecule has 3 fully saturated rings. The summed E-state index contributed by atoms with van der Waals surface area (Å²) in [5.41, 5.74) is 0.602. The number of anilines is 1. The van der Waals surface area contributed by atoms with Gasteiger partial charge in [0.25, 0.3) is 0 Å². The maximum Gasteiger partial charge on any atom is 0.246 e. The van der Waals surface area contributed by atoms with Gasteiger partial charge in [-0.15, -0.1) is 0 Å². The normalized spacial score (nSPS) is 33.9. The van der Waals surface area contributed by atoms with Gasteiger partial charge in [-0.2, -0.15) is 0 Å². The summed E-state index contributed by atoms with van der Waals surface area (Å²) in [6, 6.07) is 6.91. The molecule has 0 radical (unpaired) electrons. The first-order valence-electron chi connectivity index (χ1n) is 15.8. The Kier molecular flexibility index (Phi) is 8.90. The van der Waals surface area contributed by atoms with Crippen LogP contribution in [0.2, 0.25) is 0 Å². The maximum absolute atomic E-state index is 14.3. The maximum atomic E-state index is 14.3. The summed E-state index contributed by atoms with van der Waals surface area (Å²) in [4.78, 5) is 46.3. The highest BCUT2D eigenvalue weighted by Crippen LogP contribution is 2.55. The van der Waals surface area contributed by atoms with Crippen molar-refractivity contribution in [3.63, 3.8) is 0 Å². The third-order valence-electron chi connectivity index (χ3n) is 9.98. The molecule has 3 aliphatic heterocycles. The largest absolute Gasteiger partial charge is 0.359 e. The summed E-state index contributed by atoms with van der Waals surface area (Å²) in [7, 11) is 0. The van der Waals surface area contributed by atoms with E-state index in [0.717, 1.165) is 44.3 Å². The van der Waals surface area contributed by atoms with E-state index in [4.69, 9.17) is 4.74 Å². The Balaban J connectivity index is 1.43. The highest BCUT2D eigenvalue weighted by Gasteiger charge is 2.72. The summed E-state index contributed by atoms with van der Waals surface area (Å²) < 4.78 is 6.54. The Morgan fingerprint density at radius 1 is 1.10 bits per heavy atom. The van der Waals surface area contributed by atoms with Crippen LogP contribution in [0.3, 0.4) is 0 Å². The number of hydrogen-bond acceptors (Lipinski definition) is 5. The topological polar surface area (TPSA) is 91.0 Å². The smallest absolute Gasteiger partial charge is 0.246 e.